The highest BCUT2D eigenvalue weighted by molar-refractivity contribution is 5.63. The molecule has 27 heavy (non-hydrogen) atoms. The number of piperidine rings is 1. The summed E-state index contributed by atoms with van der Waals surface area (Å²) in [4.78, 5) is 11.3. The summed E-state index contributed by atoms with van der Waals surface area (Å²) < 4.78 is 7.36. The van der Waals surface area contributed by atoms with Crippen LogP contribution in [0.3, 0.4) is 0 Å². The van der Waals surface area contributed by atoms with Crippen LogP contribution in [0.4, 0.5) is 0 Å². The second-order valence-electron chi connectivity index (χ2n) is 7.06. The molecule has 0 bridgehead atoms. The van der Waals surface area contributed by atoms with E-state index in [1.54, 1.807) is 6.26 Å². The molecule has 5 heterocycles. The monoisotopic (exact) mass is 359 g/mol. The summed E-state index contributed by atoms with van der Waals surface area (Å²) in [6.45, 7) is 2.97. The van der Waals surface area contributed by atoms with Crippen molar-refractivity contribution in [2.24, 2.45) is 0 Å². The van der Waals surface area contributed by atoms with Gasteiger partial charge in [0, 0.05) is 30.1 Å². The van der Waals surface area contributed by atoms with E-state index in [0.29, 0.717) is 5.92 Å². The predicted octanol–water partition coefficient (Wildman–Crippen LogP) is 3.76. The Morgan fingerprint density at radius 2 is 1.85 bits per heavy atom. The van der Waals surface area contributed by atoms with Gasteiger partial charge in [-0.05, 0) is 67.9 Å². The molecule has 0 amide bonds. The van der Waals surface area contributed by atoms with Gasteiger partial charge in [-0.15, -0.1) is 0 Å². The molecule has 136 valence electrons. The first-order valence-corrected chi connectivity index (χ1v) is 9.36. The van der Waals surface area contributed by atoms with Crippen LogP contribution in [-0.4, -0.2) is 37.6 Å². The molecule has 1 aliphatic rings. The molecule has 1 fully saturated rings. The smallest absolute Gasteiger partial charge is 0.155 e. The van der Waals surface area contributed by atoms with Crippen molar-refractivity contribution in [3.8, 4) is 11.1 Å². The lowest BCUT2D eigenvalue weighted by molar-refractivity contribution is 0.188. The van der Waals surface area contributed by atoms with Crippen LogP contribution < -0.4 is 0 Å². The van der Waals surface area contributed by atoms with E-state index in [4.69, 9.17) is 14.5 Å². The lowest BCUT2D eigenvalue weighted by Crippen LogP contribution is -2.32. The molecule has 0 aliphatic carbocycles. The number of likely N-dealkylation sites (tertiary alicyclic amines) is 1. The third kappa shape index (κ3) is 3.36. The molecule has 0 unspecified atom stereocenters. The molecule has 5 rings (SSSR count). The summed E-state index contributed by atoms with van der Waals surface area (Å²) in [5.74, 6) is 2.41. The molecule has 4 aromatic rings. The predicted molar refractivity (Wildman–Crippen MR) is 102 cm³/mol. The third-order valence-electron chi connectivity index (χ3n) is 5.27. The molecule has 0 saturated carbocycles. The molecule has 6 heteroatoms. The molecule has 0 N–H and O–H groups in total. The second kappa shape index (κ2) is 6.96. The number of nitrogens with zero attached hydrogens (tertiary/aromatic N) is 5. The molecule has 4 aromatic heterocycles. The van der Waals surface area contributed by atoms with Crippen LogP contribution in [0.2, 0.25) is 0 Å². The van der Waals surface area contributed by atoms with Gasteiger partial charge in [0.1, 0.15) is 5.76 Å². The van der Waals surface area contributed by atoms with Crippen LogP contribution in [0.15, 0.2) is 65.7 Å². The Morgan fingerprint density at radius 3 is 2.63 bits per heavy atom. The number of pyridine rings is 2. The molecular weight excluding hydrogens is 338 g/mol. The topological polar surface area (TPSA) is 59.5 Å². The minimum absolute atomic E-state index is 0.419. The van der Waals surface area contributed by atoms with Crippen molar-refractivity contribution in [3.05, 3.63) is 72.8 Å². The lowest BCUT2D eigenvalue weighted by atomic mass is 9.96. The van der Waals surface area contributed by atoms with Gasteiger partial charge in [0.2, 0.25) is 0 Å². The summed E-state index contributed by atoms with van der Waals surface area (Å²) in [5, 5.41) is 4.78. The highest BCUT2D eigenvalue weighted by Gasteiger charge is 2.24. The van der Waals surface area contributed by atoms with Crippen LogP contribution >= 0.6 is 0 Å². The van der Waals surface area contributed by atoms with E-state index >= 15 is 0 Å². The maximum Gasteiger partial charge on any atom is 0.155 e. The Kier molecular flexibility index (Phi) is 4.18. The van der Waals surface area contributed by atoms with Gasteiger partial charge in [0.15, 0.2) is 11.5 Å². The third-order valence-corrected chi connectivity index (χ3v) is 5.27. The van der Waals surface area contributed by atoms with E-state index in [-0.39, 0.29) is 0 Å². The summed E-state index contributed by atoms with van der Waals surface area (Å²) in [7, 11) is 0. The summed E-state index contributed by atoms with van der Waals surface area (Å²) in [6, 6.07) is 12.1. The quantitative estimate of drug-likeness (QED) is 0.555. The van der Waals surface area contributed by atoms with E-state index < -0.39 is 0 Å². The number of fused-ring (bicyclic) bond motifs is 1. The first-order valence-electron chi connectivity index (χ1n) is 9.36. The molecule has 6 nitrogen and oxygen atoms in total. The van der Waals surface area contributed by atoms with E-state index in [2.05, 4.69) is 16.0 Å². The van der Waals surface area contributed by atoms with Crippen molar-refractivity contribution in [2.45, 2.75) is 25.3 Å². The van der Waals surface area contributed by atoms with Crippen molar-refractivity contribution in [3.63, 3.8) is 0 Å². The van der Waals surface area contributed by atoms with Crippen molar-refractivity contribution in [1.29, 1.82) is 0 Å². The van der Waals surface area contributed by atoms with E-state index in [1.165, 1.54) is 0 Å². The first-order chi connectivity index (χ1) is 13.3. The Bertz CT molecular complexity index is 1020. The molecule has 1 aliphatic heterocycles. The van der Waals surface area contributed by atoms with Crippen LogP contribution in [0.5, 0.6) is 0 Å². The SMILES string of the molecule is c1coc(CN2CCC(c3nc4ccc(-c5ccncc5)cn4n3)CC2)c1. The van der Waals surface area contributed by atoms with Crippen molar-refractivity contribution in [1.82, 2.24) is 24.5 Å². The maximum absolute atomic E-state index is 5.46. The van der Waals surface area contributed by atoms with Crippen molar-refractivity contribution in [2.75, 3.05) is 13.1 Å². The van der Waals surface area contributed by atoms with Gasteiger partial charge in [-0.3, -0.25) is 9.88 Å². The van der Waals surface area contributed by atoms with Crippen LogP contribution in [0.25, 0.3) is 16.8 Å². The van der Waals surface area contributed by atoms with Gasteiger partial charge >= 0.3 is 0 Å². The molecule has 0 spiro atoms. The zero-order valence-corrected chi connectivity index (χ0v) is 15.0. The normalized spacial score (nSPS) is 16.1. The zero-order chi connectivity index (χ0) is 18.1. The van der Waals surface area contributed by atoms with Crippen molar-refractivity contribution < 1.29 is 4.42 Å². The Labute approximate surface area is 157 Å². The highest BCUT2D eigenvalue weighted by atomic mass is 16.3. The average Bonchev–Trinajstić information content (AvgIpc) is 3.38. The summed E-state index contributed by atoms with van der Waals surface area (Å²) in [6.07, 6.45) is 9.56. The fourth-order valence-corrected chi connectivity index (χ4v) is 3.76. The minimum Gasteiger partial charge on any atom is -0.468 e. The molecule has 1 saturated heterocycles. The van der Waals surface area contributed by atoms with Crippen LogP contribution in [0, 0.1) is 0 Å². The Morgan fingerprint density at radius 1 is 1.00 bits per heavy atom. The summed E-state index contributed by atoms with van der Waals surface area (Å²) in [5.41, 5.74) is 3.16. The van der Waals surface area contributed by atoms with E-state index in [0.717, 1.165) is 60.8 Å². The lowest BCUT2D eigenvalue weighted by Gasteiger charge is -2.29. The van der Waals surface area contributed by atoms with Crippen molar-refractivity contribution >= 4 is 5.65 Å². The van der Waals surface area contributed by atoms with Gasteiger partial charge in [0.05, 0.1) is 12.8 Å². The van der Waals surface area contributed by atoms with Crippen LogP contribution in [-0.2, 0) is 6.54 Å². The number of hydrogen-bond acceptors (Lipinski definition) is 5. The molecular formula is C21H21N5O. The standard InChI is InChI=1S/C21H21N5O/c1-2-19(27-13-1)15-25-11-7-17(8-12-25)21-23-20-4-3-18(14-26(20)24-21)16-5-9-22-10-6-16/h1-6,9-10,13-14,17H,7-8,11-12,15H2. The Hall–Kier alpha value is -2.99. The van der Waals surface area contributed by atoms with Gasteiger partial charge in [-0.2, -0.15) is 5.10 Å². The Balaban J connectivity index is 1.31. The van der Waals surface area contributed by atoms with Gasteiger partial charge < -0.3 is 4.42 Å². The number of furan rings is 1. The summed E-state index contributed by atoms with van der Waals surface area (Å²) >= 11 is 0. The maximum atomic E-state index is 5.46. The highest BCUT2D eigenvalue weighted by Crippen LogP contribution is 2.27. The zero-order valence-electron chi connectivity index (χ0n) is 15.0. The number of hydrogen-bond donors (Lipinski definition) is 0. The fourth-order valence-electron chi connectivity index (χ4n) is 3.76. The van der Waals surface area contributed by atoms with E-state index in [9.17, 15) is 0 Å². The fraction of sp³-hybridized carbons (Fsp3) is 0.286. The molecule has 0 radical (unpaired) electrons. The largest absolute Gasteiger partial charge is 0.468 e. The van der Waals surface area contributed by atoms with Gasteiger partial charge in [0.25, 0.3) is 0 Å². The first kappa shape index (κ1) is 16.2. The number of aromatic nitrogens is 4. The minimum atomic E-state index is 0.419. The molecule has 0 atom stereocenters. The van der Waals surface area contributed by atoms with Gasteiger partial charge in [-0.25, -0.2) is 9.50 Å². The molecule has 0 aromatic carbocycles. The average molecular weight is 359 g/mol. The second-order valence-corrected chi connectivity index (χ2v) is 7.06. The van der Waals surface area contributed by atoms with E-state index in [1.807, 2.05) is 53.4 Å². The van der Waals surface area contributed by atoms with Gasteiger partial charge in [-0.1, -0.05) is 0 Å². The van der Waals surface area contributed by atoms with Crippen LogP contribution in [0.1, 0.15) is 30.3 Å². The number of rotatable bonds is 4.